The Hall–Kier alpha value is -3.36. The molecule has 9 heteroatoms. The summed E-state index contributed by atoms with van der Waals surface area (Å²) in [5.41, 5.74) is -0.813. The number of imide groups is 1. The maximum absolute atomic E-state index is 13.0. The molecule has 1 aliphatic heterocycles. The summed E-state index contributed by atoms with van der Waals surface area (Å²) in [4.78, 5) is 37.5. The van der Waals surface area contributed by atoms with Gasteiger partial charge in [0.15, 0.2) is 0 Å². The SMILES string of the molecule is CC1CCC1[C@]1(CNC(=O)c2ccccc2-c2ccc(C(F)(F)F)cc2)NC(=O)NC1=O. The number of halogens is 3. The minimum atomic E-state index is -4.45. The van der Waals surface area contributed by atoms with Gasteiger partial charge in [0.2, 0.25) is 0 Å². The number of hydrogen-bond acceptors (Lipinski definition) is 3. The lowest BCUT2D eigenvalue weighted by atomic mass is 9.64. The van der Waals surface area contributed by atoms with E-state index >= 15 is 0 Å². The van der Waals surface area contributed by atoms with Crippen molar-refractivity contribution in [1.29, 1.82) is 0 Å². The van der Waals surface area contributed by atoms with Gasteiger partial charge >= 0.3 is 12.2 Å². The molecule has 0 bridgehead atoms. The number of urea groups is 1. The van der Waals surface area contributed by atoms with Crippen LogP contribution >= 0.6 is 0 Å². The number of benzene rings is 2. The van der Waals surface area contributed by atoms with E-state index in [0.717, 1.165) is 25.0 Å². The van der Waals surface area contributed by atoms with Crippen LogP contribution in [0, 0.1) is 11.8 Å². The van der Waals surface area contributed by atoms with Crippen molar-refractivity contribution in [3.8, 4) is 11.1 Å². The Bertz CT molecular complexity index is 1070. The average molecular weight is 445 g/mol. The standard InChI is InChI=1S/C23H22F3N3O3/c1-13-6-11-18(13)22(20(31)28-21(32)29-22)12-27-19(30)17-5-3-2-4-16(17)14-7-9-15(10-8-14)23(24,25)26/h2-5,7-10,13,18H,6,11-12H2,1H3,(H,27,30)(H2,28,29,31,32)/t13?,18?,22-/m0/s1. The van der Waals surface area contributed by atoms with E-state index in [1.807, 2.05) is 6.92 Å². The normalized spacial score (nSPS) is 25.0. The monoisotopic (exact) mass is 445 g/mol. The fourth-order valence-corrected chi connectivity index (χ4v) is 4.51. The molecule has 3 N–H and O–H groups in total. The largest absolute Gasteiger partial charge is 0.416 e. The number of hydrogen-bond donors (Lipinski definition) is 3. The van der Waals surface area contributed by atoms with Gasteiger partial charge in [0, 0.05) is 5.56 Å². The van der Waals surface area contributed by atoms with E-state index < -0.39 is 35.1 Å². The first-order valence-corrected chi connectivity index (χ1v) is 10.3. The lowest BCUT2D eigenvalue weighted by molar-refractivity contribution is -0.137. The van der Waals surface area contributed by atoms with E-state index in [-0.39, 0.29) is 23.9 Å². The number of carbonyl (C=O) groups is 3. The second-order valence-corrected chi connectivity index (χ2v) is 8.34. The van der Waals surface area contributed by atoms with Crippen molar-refractivity contribution in [1.82, 2.24) is 16.0 Å². The van der Waals surface area contributed by atoms with Crippen molar-refractivity contribution < 1.29 is 27.6 Å². The quantitative estimate of drug-likeness (QED) is 0.613. The Morgan fingerprint density at radius 3 is 2.31 bits per heavy atom. The molecule has 2 unspecified atom stereocenters. The molecule has 0 aromatic heterocycles. The highest BCUT2D eigenvalue weighted by atomic mass is 19.4. The summed E-state index contributed by atoms with van der Waals surface area (Å²) in [6.07, 6.45) is -2.76. The molecule has 2 aliphatic rings. The van der Waals surface area contributed by atoms with E-state index in [4.69, 9.17) is 0 Å². The summed E-state index contributed by atoms with van der Waals surface area (Å²) in [5, 5.41) is 7.72. The zero-order valence-electron chi connectivity index (χ0n) is 17.3. The van der Waals surface area contributed by atoms with Crippen molar-refractivity contribution >= 4 is 17.8 Å². The molecule has 1 saturated carbocycles. The molecule has 2 aromatic carbocycles. The van der Waals surface area contributed by atoms with Crippen LogP contribution in [0.1, 0.15) is 35.7 Å². The molecule has 2 aromatic rings. The minimum Gasteiger partial charge on any atom is -0.349 e. The molecule has 6 nitrogen and oxygen atoms in total. The Kier molecular flexibility index (Phi) is 5.44. The third-order valence-corrected chi connectivity index (χ3v) is 6.44. The van der Waals surface area contributed by atoms with Gasteiger partial charge in [0.05, 0.1) is 12.1 Å². The molecule has 1 heterocycles. The average Bonchev–Trinajstić information content (AvgIpc) is 3.03. The molecule has 0 spiro atoms. The van der Waals surface area contributed by atoms with Crippen LogP contribution in [0.25, 0.3) is 11.1 Å². The maximum atomic E-state index is 13.0. The van der Waals surface area contributed by atoms with E-state index in [2.05, 4.69) is 16.0 Å². The predicted octanol–water partition coefficient (Wildman–Crippen LogP) is 3.73. The van der Waals surface area contributed by atoms with Crippen LogP contribution in [0.5, 0.6) is 0 Å². The van der Waals surface area contributed by atoms with Gasteiger partial charge in [-0.15, -0.1) is 0 Å². The molecular weight excluding hydrogens is 423 g/mol. The van der Waals surface area contributed by atoms with Crippen molar-refractivity contribution in [2.45, 2.75) is 31.5 Å². The van der Waals surface area contributed by atoms with Gasteiger partial charge in [-0.2, -0.15) is 13.2 Å². The van der Waals surface area contributed by atoms with Crippen molar-refractivity contribution in [2.75, 3.05) is 6.54 Å². The Morgan fingerprint density at radius 1 is 1.09 bits per heavy atom. The van der Waals surface area contributed by atoms with E-state index in [9.17, 15) is 27.6 Å². The smallest absolute Gasteiger partial charge is 0.349 e. The first-order chi connectivity index (χ1) is 15.1. The summed E-state index contributed by atoms with van der Waals surface area (Å²) < 4.78 is 38.6. The van der Waals surface area contributed by atoms with Crippen LogP contribution in [0.3, 0.4) is 0 Å². The lowest BCUT2D eigenvalue weighted by Crippen LogP contribution is -2.63. The second kappa shape index (κ2) is 7.96. The highest BCUT2D eigenvalue weighted by Gasteiger charge is 2.56. The highest BCUT2D eigenvalue weighted by molar-refractivity contribution is 6.08. The van der Waals surface area contributed by atoms with Crippen molar-refractivity contribution in [3.05, 3.63) is 59.7 Å². The van der Waals surface area contributed by atoms with Gasteiger partial charge in [-0.1, -0.05) is 37.3 Å². The molecule has 2 fully saturated rings. The number of amides is 4. The lowest BCUT2D eigenvalue weighted by Gasteiger charge is -2.45. The first-order valence-electron chi connectivity index (χ1n) is 10.3. The van der Waals surface area contributed by atoms with Crippen LogP contribution < -0.4 is 16.0 Å². The van der Waals surface area contributed by atoms with Crippen LogP contribution in [0.4, 0.5) is 18.0 Å². The Labute approximate surface area is 182 Å². The summed E-state index contributed by atoms with van der Waals surface area (Å²) >= 11 is 0. The van der Waals surface area contributed by atoms with E-state index in [0.29, 0.717) is 11.1 Å². The maximum Gasteiger partial charge on any atom is 0.416 e. The van der Waals surface area contributed by atoms with Crippen LogP contribution in [-0.4, -0.2) is 29.9 Å². The molecule has 0 radical (unpaired) electrons. The number of alkyl halides is 3. The molecule has 4 rings (SSSR count). The van der Waals surface area contributed by atoms with Gasteiger partial charge in [0.1, 0.15) is 5.54 Å². The number of carbonyl (C=O) groups excluding carboxylic acids is 3. The van der Waals surface area contributed by atoms with Crippen molar-refractivity contribution in [2.24, 2.45) is 11.8 Å². The molecule has 3 atom stereocenters. The minimum absolute atomic E-state index is 0.0836. The van der Waals surface area contributed by atoms with Gasteiger partial charge < -0.3 is 10.6 Å². The van der Waals surface area contributed by atoms with Crippen molar-refractivity contribution in [3.63, 3.8) is 0 Å². The third kappa shape index (κ3) is 3.83. The topological polar surface area (TPSA) is 87.3 Å². The number of rotatable bonds is 5. The Morgan fingerprint density at radius 2 is 1.78 bits per heavy atom. The predicted molar refractivity (Wildman–Crippen MR) is 111 cm³/mol. The Balaban J connectivity index is 1.57. The first kappa shape index (κ1) is 21.9. The van der Waals surface area contributed by atoms with E-state index in [1.165, 1.54) is 12.1 Å². The second-order valence-electron chi connectivity index (χ2n) is 8.34. The van der Waals surface area contributed by atoms with E-state index in [1.54, 1.807) is 24.3 Å². The van der Waals surface area contributed by atoms with Crippen LogP contribution in [0.2, 0.25) is 0 Å². The number of nitrogens with one attached hydrogen (secondary N) is 3. The third-order valence-electron chi connectivity index (χ3n) is 6.44. The fourth-order valence-electron chi connectivity index (χ4n) is 4.51. The molecule has 32 heavy (non-hydrogen) atoms. The summed E-state index contributed by atoms with van der Waals surface area (Å²) in [7, 11) is 0. The zero-order valence-corrected chi connectivity index (χ0v) is 17.3. The molecule has 1 saturated heterocycles. The van der Waals surface area contributed by atoms with Gasteiger partial charge in [-0.3, -0.25) is 14.9 Å². The van der Waals surface area contributed by atoms with Gasteiger partial charge in [-0.25, -0.2) is 4.79 Å². The zero-order chi connectivity index (χ0) is 23.1. The van der Waals surface area contributed by atoms with Gasteiger partial charge in [0.25, 0.3) is 11.8 Å². The fraction of sp³-hybridized carbons (Fsp3) is 0.348. The van der Waals surface area contributed by atoms with Crippen LogP contribution in [0.15, 0.2) is 48.5 Å². The molecule has 4 amide bonds. The summed E-state index contributed by atoms with van der Waals surface area (Å²) in [6.45, 7) is 1.91. The molecule has 1 aliphatic carbocycles. The highest BCUT2D eigenvalue weighted by Crippen LogP contribution is 2.42. The van der Waals surface area contributed by atoms with Gasteiger partial charge in [-0.05, 0) is 54.0 Å². The summed E-state index contributed by atoms with van der Waals surface area (Å²) in [5.74, 6) is -0.828. The summed E-state index contributed by atoms with van der Waals surface area (Å²) in [6, 6.07) is 10.5. The molecular formula is C23H22F3N3O3. The molecule has 168 valence electrons. The van der Waals surface area contributed by atoms with Crippen LogP contribution in [-0.2, 0) is 11.0 Å².